The fourth-order valence-corrected chi connectivity index (χ4v) is 2.83. The zero-order valence-electron chi connectivity index (χ0n) is 13.5. The highest BCUT2D eigenvalue weighted by atomic mass is 32.1. The number of aromatic nitrogens is 1. The second-order valence-electron chi connectivity index (χ2n) is 5.36. The van der Waals surface area contributed by atoms with Crippen LogP contribution >= 0.6 is 11.3 Å². The van der Waals surface area contributed by atoms with Gasteiger partial charge in [-0.15, -0.1) is 11.3 Å². The van der Waals surface area contributed by atoms with E-state index < -0.39 is 0 Å². The number of anilines is 1. The molecule has 4 nitrogen and oxygen atoms in total. The van der Waals surface area contributed by atoms with E-state index in [9.17, 15) is 4.79 Å². The molecular weight excluding hydrogens is 296 g/mol. The zero-order valence-corrected chi connectivity index (χ0v) is 14.3. The summed E-state index contributed by atoms with van der Waals surface area (Å²) in [6, 6.07) is 6.01. The maximum Gasteiger partial charge on any atom is 0.226 e. The van der Waals surface area contributed by atoms with Crippen LogP contribution in [0.15, 0.2) is 18.2 Å². The molecule has 1 aromatic carbocycles. The monoisotopic (exact) mass is 318 g/mol. The minimum absolute atomic E-state index is 0.0154. The average Bonchev–Trinajstić information content (AvgIpc) is 2.77. The second-order valence-corrected chi connectivity index (χ2v) is 6.56. The van der Waals surface area contributed by atoms with Gasteiger partial charge in [0.25, 0.3) is 0 Å². The van der Waals surface area contributed by atoms with Crippen molar-refractivity contribution in [2.75, 3.05) is 11.9 Å². The number of hydrogen-bond donors (Lipinski definition) is 1. The van der Waals surface area contributed by atoms with E-state index >= 15 is 0 Å². The molecule has 118 valence electrons. The van der Waals surface area contributed by atoms with E-state index in [1.807, 2.05) is 32.9 Å². The van der Waals surface area contributed by atoms with Gasteiger partial charge in [-0.2, -0.15) is 0 Å². The molecule has 1 aromatic heterocycles. The lowest BCUT2D eigenvalue weighted by Gasteiger charge is -2.10. The SMILES string of the molecule is Cc1cccc(OCCCC(=O)Nc2nc(C)c(C)s2)c1C. The summed E-state index contributed by atoms with van der Waals surface area (Å²) in [6.45, 7) is 8.59. The highest BCUT2D eigenvalue weighted by Crippen LogP contribution is 2.22. The van der Waals surface area contributed by atoms with Crippen molar-refractivity contribution in [1.29, 1.82) is 0 Å². The normalized spacial score (nSPS) is 10.5. The first-order valence-electron chi connectivity index (χ1n) is 7.40. The number of thiazole rings is 1. The maximum atomic E-state index is 11.9. The number of ether oxygens (including phenoxy) is 1. The van der Waals surface area contributed by atoms with E-state index in [0.29, 0.717) is 24.6 Å². The van der Waals surface area contributed by atoms with Crippen molar-refractivity contribution in [2.24, 2.45) is 0 Å². The second kappa shape index (κ2) is 7.40. The van der Waals surface area contributed by atoms with E-state index in [4.69, 9.17) is 4.74 Å². The number of benzene rings is 1. The van der Waals surface area contributed by atoms with Crippen LogP contribution in [0.2, 0.25) is 0 Å². The Kier molecular flexibility index (Phi) is 5.55. The minimum Gasteiger partial charge on any atom is -0.493 e. The van der Waals surface area contributed by atoms with Gasteiger partial charge < -0.3 is 10.1 Å². The smallest absolute Gasteiger partial charge is 0.226 e. The first-order valence-corrected chi connectivity index (χ1v) is 8.22. The van der Waals surface area contributed by atoms with Gasteiger partial charge in [-0.1, -0.05) is 12.1 Å². The number of nitrogens with one attached hydrogen (secondary N) is 1. The van der Waals surface area contributed by atoms with Crippen LogP contribution in [-0.2, 0) is 4.79 Å². The topological polar surface area (TPSA) is 51.2 Å². The first kappa shape index (κ1) is 16.5. The molecule has 0 radical (unpaired) electrons. The molecular formula is C17H22N2O2S. The summed E-state index contributed by atoms with van der Waals surface area (Å²) in [6.07, 6.45) is 1.12. The van der Waals surface area contributed by atoms with Crippen molar-refractivity contribution in [3.8, 4) is 5.75 Å². The molecule has 0 aliphatic heterocycles. The molecule has 0 saturated heterocycles. The summed E-state index contributed by atoms with van der Waals surface area (Å²) in [7, 11) is 0. The lowest BCUT2D eigenvalue weighted by atomic mass is 10.1. The zero-order chi connectivity index (χ0) is 16.1. The Morgan fingerprint density at radius 1 is 1.27 bits per heavy atom. The van der Waals surface area contributed by atoms with E-state index in [1.165, 1.54) is 16.9 Å². The van der Waals surface area contributed by atoms with Gasteiger partial charge in [-0.05, 0) is 51.3 Å². The predicted molar refractivity (Wildman–Crippen MR) is 90.9 cm³/mol. The van der Waals surface area contributed by atoms with Crippen molar-refractivity contribution in [3.05, 3.63) is 39.9 Å². The Hall–Kier alpha value is -1.88. The van der Waals surface area contributed by atoms with Crippen LogP contribution in [0, 0.1) is 27.7 Å². The molecule has 22 heavy (non-hydrogen) atoms. The van der Waals surface area contributed by atoms with Crippen LogP contribution in [0.3, 0.4) is 0 Å². The Balaban J connectivity index is 1.74. The maximum absolute atomic E-state index is 11.9. The van der Waals surface area contributed by atoms with Crippen molar-refractivity contribution in [1.82, 2.24) is 4.98 Å². The van der Waals surface area contributed by atoms with E-state index in [1.54, 1.807) is 0 Å². The van der Waals surface area contributed by atoms with Crippen LogP contribution < -0.4 is 10.1 Å². The molecule has 1 heterocycles. The third-order valence-corrected chi connectivity index (χ3v) is 4.62. The van der Waals surface area contributed by atoms with Gasteiger partial charge in [-0.25, -0.2) is 4.98 Å². The summed E-state index contributed by atoms with van der Waals surface area (Å²) in [5.74, 6) is 0.880. The third kappa shape index (κ3) is 4.31. The Bertz CT molecular complexity index is 645. The summed E-state index contributed by atoms with van der Waals surface area (Å²) in [5.41, 5.74) is 3.34. The molecule has 0 bridgehead atoms. The highest BCUT2D eigenvalue weighted by molar-refractivity contribution is 7.15. The van der Waals surface area contributed by atoms with Crippen LogP contribution in [0.25, 0.3) is 0 Å². The van der Waals surface area contributed by atoms with Crippen molar-refractivity contribution in [3.63, 3.8) is 0 Å². The number of carbonyl (C=O) groups is 1. The Morgan fingerprint density at radius 3 is 2.73 bits per heavy atom. The molecule has 1 N–H and O–H groups in total. The van der Waals surface area contributed by atoms with E-state index in [2.05, 4.69) is 23.3 Å². The average molecular weight is 318 g/mol. The van der Waals surface area contributed by atoms with Crippen molar-refractivity contribution >= 4 is 22.4 Å². The Labute approximate surface area is 135 Å². The summed E-state index contributed by atoms with van der Waals surface area (Å²) in [4.78, 5) is 17.3. The molecule has 1 amide bonds. The van der Waals surface area contributed by atoms with Crippen LogP contribution in [0.4, 0.5) is 5.13 Å². The largest absolute Gasteiger partial charge is 0.493 e. The van der Waals surface area contributed by atoms with Crippen LogP contribution in [0.1, 0.15) is 34.5 Å². The molecule has 0 fully saturated rings. The first-order chi connectivity index (χ1) is 10.5. The fraction of sp³-hybridized carbons (Fsp3) is 0.412. The van der Waals surface area contributed by atoms with E-state index in [0.717, 1.165) is 21.9 Å². The Morgan fingerprint density at radius 2 is 2.05 bits per heavy atom. The number of hydrogen-bond acceptors (Lipinski definition) is 4. The molecule has 0 aliphatic carbocycles. The van der Waals surface area contributed by atoms with Gasteiger partial charge in [0, 0.05) is 11.3 Å². The molecule has 0 spiro atoms. The third-order valence-electron chi connectivity index (χ3n) is 3.64. The molecule has 0 unspecified atom stereocenters. The molecule has 0 saturated carbocycles. The van der Waals surface area contributed by atoms with Crippen LogP contribution in [-0.4, -0.2) is 17.5 Å². The van der Waals surface area contributed by atoms with E-state index in [-0.39, 0.29) is 5.91 Å². The predicted octanol–water partition coefficient (Wildman–Crippen LogP) is 4.17. The number of carbonyl (C=O) groups excluding carboxylic acids is 1. The molecule has 2 rings (SSSR count). The quantitative estimate of drug-likeness (QED) is 0.813. The van der Waals surface area contributed by atoms with Gasteiger partial charge in [0.05, 0.1) is 12.3 Å². The van der Waals surface area contributed by atoms with Gasteiger partial charge in [-0.3, -0.25) is 4.79 Å². The van der Waals surface area contributed by atoms with Crippen molar-refractivity contribution < 1.29 is 9.53 Å². The van der Waals surface area contributed by atoms with Gasteiger partial charge in [0.15, 0.2) is 5.13 Å². The molecule has 2 aromatic rings. The molecule has 5 heteroatoms. The highest BCUT2D eigenvalue weighted by Gasteiger charge is 2.08. The van der Waals surface area contributed by atoms with Gasteiger partial charge in [0.1, 0.15) is 5.75 Å². The van der Waals surface area contributed by atoms with Crippen molar-refractivity contribution in [2.45, 2.75) is 40.5 Å². The molecule has 0 atom stereocenters. The number of amides is 1. The fourth-order valence-electron chi connectivity index (χ4n) is 2.00. The summed E-state index contributed by atoms with van der Waals surface area (Å²) in [5, 5.41) is 3.51. The minimum atomic E-state index is -0.0154. The van der Waals surface area contributed by atoms with Gasteiger partial charge >= 0.3 is 0 Å². The molecule has 0 aliphatic rings. The summed E-state index contributed by atoms with van der Waals surface area (Å²) >= 11 is 1.51. The standard InChI is InChI=1S/C17H22N2O2S/c1-11-7-5-8-15(12(11)2)21-10-6-9-16(20)19-17-18-13(3)14(4)22-17/h5,7-8H,6,9-10H2,1-4H3,(H,18,19,20). The lowest BCUT2D eigenvalue weighted by Crippen LogP contribution is -2.12. The number of aryl methyl sites for hydroxylation is 3. The van der Waals surface area contributed by atoms with Gasteiger partial charge in [0.2, 0.25) is 5.91 Å². The lowest BCUT2D eigenvalue weighted by molar-refractivity contribution is -0.116. The summed E-state index contributed by atoms with van der Waals surface area (Å²) < 4.78 is 5.75. The van der Waals surface area contributed by atoms with Crippen LogP contribution in [0.5, 0.6) is 5.75 Å². The number of rotatable bonds is 6. The number of nitrogens with zero attached hydrogens (tertiary/aromatic N) is 1.